The lowest BCUT2D eigenvalue weighted by molar-refractivity contribution is 0.921. The van der Waals surface area contributed by atoms with Crippen molar-refractivity contribution in [1.29, 1.82) is 5.26 Å². The summed E-state index contributed by atoms with van der Waals surface area (Å²) in [6.45, 7) is 3.16. The van der Waals surface area contributed by atoms with E-state index < -0.39 is 0 Å². The highest BCUT2D eigenvalue weighted by molar-refractivity contribution is 6.11. The van der Waals surface area contributed by atoms with Crippen LogP contribution >= 0.6 is 0 Å². The molecule has 1 aliphatic heterocycles. The monoisotopic (exact) mass is 744 g/mol. The molecule has 0 amide bonds. The van der Waals surface area contributed by atoms with E-state index in [1.54, 1.807) is 0 Å². The lowest BCUT2D eigenvalue weighted by atomic mass is 9.89. The van der Waals surface area contributed by atoms with Gasteiger partial charge in [0, 0.05) is 39.8 Å². The number of aromatic nitrogens is 2. The number of hydrogen-bond donors (Lipinski definition) is 1. The largest absolute Gasteiger partial charge is 0.309 e. The first-order valence-electron chi connectivity index (χ1n) is 20.2. The first-order valence-corrected chi connectivity index (χ1v) is 20.2. The fraction of sp³-hybridized carbons (Fsp3) is 0.0926. The van der Waals surface area contributed by atoms with Crippen LogP contribution in [-0.2, 0) is 12.8 Å². The second kappa shape index (κ2) is 13.8. The van der Waals surface area contributed by atoms with Crippen LogP contribution in [-0.4, -0.2) is 15.7 Å². The molecule has 0 bridgehead atoms. The molecule has 4 nitrogen and oxygen atoms in total. The summed E-state index contributed by atoms with van der Waals surface area (Å²) in [5, 5.41) is 19.1. The summed E-state index contributed by atoms with van der Waals surface area (Å²) in [4.78, 5) is 0. The summed E-state index contributed by atoms with van der Waals surface area (Å²) < 4.78 is 4.79. The number of hydrogen-bond acceptors (Lipinski definition) is 2. The van der Waals surface area contributed by atoms with E-state index in [2.05, 4.69) is 197 Å². The van der Waals surface area contributed by atoms with Crippen molar-refractivity contribution in [2.75, 3.05) is 6.54 Å². The Bertz CT molecular complexity index is 3210. The number of rotatable bonds is 8. The molecule has 3 heterocycles. The molecule has 11 rings (SSSR count). The Kier molecular flexibility index (Phi) is 8.10. The van der Waals surface area contributed by atoms with Gasteiger partial charge in [-0.15, -0.1) is 0 Å². The molecule has 2 aromatic heterocycles. The van der Waals surface area contributed by atoms with Crippen LogP contribution in [0.25, 0.3) is 77.2 Å². The van der Waals surface area contributed by atoms with Crippen LogP contribution in [0.1, 0.15) is 33.9 Å². The molecule has 4 heteroatoms. The molecule has 1 saturated heterocycles. The second-order valence-corrected chi connectivity index (χ2v) is 15.6. The summed E-state index contributed by atoms with van der Waals surface area (Å²) in [5.74, 6) is 0. The molecule has 58 heavy (non-hydrogen) atoms. The molecule has 1 fully saturated rings. The molecule has 10 aromatic rings. The molecule has 1 N–H and O–H groups in total. The molecular formula is C54H40N4. The van der Waals surface area contributed by atoms with E-state index in [9.17, 15) is 5.26 Å². The van der Waals surface area contributed by atoms with E-state index in [4.69, 9.17) is 0 Å². The Balaban J connectivity index is 1.01. The van der Waals surface area contributed by atoms with Crippen LogP contribution in [0.5, 0.6) is 0 Å². The van der Waals surface area contributed by atoms with Gasteiger partial charge in [0.05, 0.1) is 39.4 Å². The topological polar surface area (TPSA) is 55.6 Å². The van der Waals surface area contributed by atoms with E-state index in [1.807, 2.05) is 6.07 Å². The third-order valence-corrected chi connectivity index (χ3v) is 12.2. The summed E-state index contributed by atoms with van der Waals surface area (Å²) in [6.07, 6.45) is 1.53. The zero-order valence-electron chi connectivity index (χ0n) is 32.3. The van der Waals surface area contributed by atoms with E-state index >= 15 is 0 Å². The standard InChI is InChI=1S/C54H40N4/c1-35-23-24-37(38-27-30-53-48(32-38)45-19-9-10-20-50(45)57(53)40-14-3-2-4-15-40)31-47(35)41-16-6-5-13-36(41)25-28-42-39(33-55)26-29-46(49-34-56-49)54(42)58-51-21-11-7-17-43(51)44-18-8-12-22-52(44)58/h2-24,26-27,29-32,49,56H,25,28,34H2,1H3. The minimum atomic E-state index is 0.271. The molecule has 0 radical (unpaired) electrons. The normalized spacial score (nSPS) is 13.8. The van der Waals surface area contributed by atoms with Gasteiger partial charge in [0.2, 0.25) is 0 Å². The molecular weight excluding hydrogens is 705 g/mol. The zero-order chi connectivity index (χ0) is 38.7. The number of nitrogens with zero attached hydrogens (tertiary/aromatic N) is 3. The van der Waals surface area contributed by atoms with Crippen molar-refractivity contribution in [3.63, 3.8) is 0 Å². The Morgan fingerprint density at radius 2 is 1.14 bits per heavy atom. The third-order valence-electron chi connectivity index (χ3n) is 12.2. The van der Waals surface area contributed by atoms with Gasteiger partial charge in [-0.3, -0.25) is 0 Å². The third kappa shape index (κ3) is 5.55. The lowest BCUT2D eigenvalue weighted by Gasteiger charge is -2.20. The lowest BCUT2D eigenvalue weighted by Crippen LogP contribution is -2.09. The number of nitriles is 1. The maximum Gasteiger partial charge on any atom is 0.0995 e. The highest BCUT2D eigenvalue weighted by Crippen LogP contribution is 2.41. The fourth-order valence-electron chi connectivity index (χ4n) is 9.36. The first-order chi connectivity index (χ1) is 28.7. The van der Waals surface area contributed by atoms with Crippen LogP contribution in [0.4, 0.5) is 0 Å². The number of nitrogens with one attached hydrogen (secondary N) is 1. The van der Waals surface area contributed by atoms with Gasteiger partial charge in [-0.05, 0) is 119 Å². The number of benzene rings is 8. The molecule has 276 valence electrons. The summed E-state index contributed by atoms with van der Waals surface area (Å²) >= 11 is 0. The van der Waals surface area contributed by atoms with Crippen molar-refractivity contribution >= 4 is 43.6 Å². The van der Waals surface area contributed by atoms with Crippen LogP contribution in [0.3, 0.4) is 0 Å². The van der Waals surface area contributed by atoms with Crippen LogP contribution in [0, 0.1) is 18.3 Å². The first kappa shape index (κ1) is 34.1. The van der Waals surface area contributed by atoms with Gasteiger partial charge in [0.25, 0.3) is 0 Å². The zero-order valence-corrected chi connectivity index (χ0v) is 32.3. The van der Waals surface area contributed by atoms with Crippen molar-refractivity contribution in [1.82, 2.24) is 14.5 Å². The van der Waals surface area contributed by atoms with Crippen molar-refractivity contribution in [3.8, 4) is 39.7 Å². The average Bonchev–Trinajstić information content (AvgIpc) is 4.00. The smallest absolute Gasteiger partial charge is 0.0995 e. The van der Waals surface area contributed by atoms with Gasteiger partial charge in [0.1, 0.15) is 0 Å². The maximum atomic E-state index is 10.6. The number of para-hydroxylation sites is 4. The van der Waals surface area contributed by atoms with Crippen molar-refractivity contribution in [3.05, 3.63) is 204 Å². The maximum absolute atomic E-state index is 10.6. The van der Waals surface area contributed by atoms with E-state index in [1.165, 1.54) is 71.5 Å². The molecule has 8 aromatic carbocycles. The quantitative estimate of drug-likeness (QED) is 0.158. The number of fused-ring (bicyclic) bond motifs is 6. The average molecular weight is 745 g/mol. The molecule has 0 saturated carbocycles. The number of aryl methyl sites for hydroxylation is 2. The highest BCUT2D eigenvalue weighted by Gasteiger charge is 2.30. The predicted molar refractivity (Wildman–Crippen MR) is 240 cm³/mol. The van der Waals surface area contributed by atoms with Crippen molar-refractivity contribution in [2.24, 2.45) is 0 Å². The van der Waals surface area contributed by atoms with E-state index in [0.29, 0.717) is 0 Å². The molecule has 1 atom stereocenters. The van der Waals surface area contributed by atoms with E-state index in [0.717, 1.165) is 52.9 Å². The molecule has 0 aliphatic carbocycles. The van der Waals surface area contributed by atoms with Crippen LogP contribution in [0.2, 0.25) is 0 Å². The van der Waals surface area contributed by atoms with Gasteiger partial charge in [-0.2, -0.15) is 5.26 Å². The van der Waals surface area contributed by atoms with E-state index in [-0.39, 0.29) is 6.04 Å². The summed E-state index contributed by atoms with van der Waals surface area (Å²) in [6, 6.07) is 66.4. The van der Waals surface area contributed by atoms with Crippen molar-refractivity contribution in [2.45, 2.75) is 25.8 Å². The molecule has 1 aliphatic rings. The van der Waals surface area contributed by atoms with Gasteiger partial charge < -0.3 is 14.5 Å². The Morgan fingerprint density at radius 3 is 1.84 bits per heavy atom. The van der Waals surface area contributed by atoms with Crippen LogP contribution < -0.4 is 5.32 Å². The van der Waals surface area contributed by atoms with Gasteiger partial charge >= 0.3 is 0 Å². The van der Waals surface area contributed by atoms with Gasteiger partial charge in [-0.1, -0.05) is 121 Å². The molecule has 0 spiro atoms. The fourth-order valence-corrected chi connectivity index (χ4v) is 9.36. The Morgan fingerprint density at radius 1 is 0.552 bits per heavy atom. The minimum absolute atomic E-state index is 0.271. The summed E-state index contributed by atoms with van der Waals surface area (Å²) in [5.41, 5.74) is 17.5. The second-order valence-electron chi connectivity index (χ2n) is 15.6. The Hall–Kier alpha value is -7.19. The van der Waals surface area contributed by atoms with Crippen LogP contribution in [0.15, 0.2) is 176 Å². The van der Waals surface area contributed by atoms with Crippen molar-refractivity contribution < 1.29 is 0 Å². The molecule has 1 unspecified atom stereocenters. The summed E-state index contributed by atoms with van der Waals surface area (Å²) in [7, 11) is 0. The van der Waals surface area contributed by atoms with Gasteiger partial charge in [0.15, 0.2) is 0 Å². The van der Waals surface area contributed by atoms with Gasteiger partial charge in [-0.25, -0.2) is 0 Å². The minimum Gasteiger partial charge on any atom is -0.309 e. The predicted octanol–water partition coefficient (Wildman–Crippen LogP) is 12.8. The highest BCUT2D eigenvalue weighted by atomic mass is 15.1. The SMILES string of the molecule is Cc1ccc(-c2ccc3c(c2)c2ccccc2n3-c2ccccc2)cc1-c1ccccc1CCc1c(C#N)ccc(C2CN2)c1-n1c2ccccc2c2ccccc21. The Labute approximate surface area is 337 Å².